The lowest BCUT2D eigenvalue weighted by Crippen LogP contribution is -2.35. The Labute approximate surface area is 215 Å². The van der Waals surface area contributed by atoms with E-state index >= 15 is 0 Å². The molecule has 1 saturated heterocycles. The third-order valence-electron chi connectivity index (χ3n) is 6.46. The molecule has 0 saturated carbocycles. The number of aliphatic imine (C=N–C) groups is 1. The Balaban J connectivity index is 1.21. The summed E-state index contributed by atoms with van der Waals surface area (Å²) in [7, 11) is 1.55. The standard InChI is InChI=1S/C28H29FN4O4/c1-17-11-21-15-30-24-13-26(25(35-3)12-22(24)28(34)33(21)16-17)36-9-4-10-37-27-14-23(31-18(2)32-27)19-5-7-20(29)8-6-19/h5-8,12-15,17,21H,4,9-11,16H2,1-3H3/t17?,21-/m0/s1. The van der Waals surface area contributed by atoms with E-state index in [1.54, 1.807) is 44.4 Å². The first-order chi connectivity index (χ1) is 17.9. The lowest BCUT2D eigenvalue weighted by atomic mass is 10.1. The van der Waals surface area contributed by atoms with E-state index in [-0.39, 0.29) is 17.8 Å². The fourth-order valence-corrected chi connectivity index (χ4v) is 4.68. The van der Waals surface area contributed by atoms with Gasteiger partial charge in [-0.2, -0.15) is 4.98 Å². The average Bonchev–Trinajstić information content (AvgIpc) is 3.21. The number of carbonyl (C=O) groups excluding carboxylic acids is 1. The summed E-state index contributed by atoms with van der Waals surface area (Å²) in [6.45, 7) is 5.40. The number of hydrogen-bond donors (Lipinski definition) is 0. The van der Waals surface area contributed by atoms with Crippen LogP contribution >= 0.6 is 0 Å². The van der Waals surface area contributed by atoms with Gasteiger partial charge in [0, 0.05) is 36.9 Å². The van der Waals surface area contributed by atoms with Crippen molar-refractivity contribution in [1.29, 1.82) is 0 Å². The van der Waals surface area contributed by atoms with E-state index in [9.17, 15) is 9.18 Å². The summed E-state index contributed by atoms with van der Waals surface area (Å²) in [5, 5.41) is 0. The van der Waals surface area contributed by atoms with Gasteiger partial charge in [0.05, 0.1) is 43.3 Å². The number of aryl methyl sites for hydroxylation is 1. The van der Waals surface area contributed by atoms with Gasteiger partial charge in [-0.05, 0) is 49.6 Å². The topological polar surface area (TPSA) is 86.1 Å². The number of rotatable bonds is 8. The fourth-order valence-electron chi connectivity index (χ4n) is 4.68. The summed E-state index contributed by atoms with van der Waals surface area (Å²) < 4.78 is 30.6. The van der Waals surface area contributed by atoms with Crippen LogP contribution < -0.4 is 14.2 Å². The van der Waals surface area contributed by atoms with Gasteiger partial charge < -0.3 is 19.1 Å². The summed E-state index contributed by atoms with van der Waals surface area (Å²) in [6, 6.07) is 11.4. The molecule has 37 heavy (non-hydrogen) atoms. The molecule has 8 nitrogen and oxygen atoms in total. The molecular weight excluding hydrogens is 475 g/mol. The lowest BCUT2D eigenvalue weighted by Gasteiger charge is -2.20. The van der Waals surface area contributed by atoms with Gasteiger partial charge >= 0.3 is 0 Å². The molecule has 0 spiro atoms. The lowest BCUT2D eigenvalue weighted by molar-refractivity contribution is 0.0770. The zero-order valence-electron chi connectivity index (χ0n) is 21.1. The number of halogens is 1. The van der Waals surface area contributed by atoms with Crippen molar-refractivity contribution in [2.75, 3.05) is 26.9 Å². The molecule has 3 heterocycles. The zero-order chi connectivity index (χ0) is 25.9. The van der Waals surface area contributed by atoms with Gasteiger partial charge in [-0.25, -0.2) is 9.37 Å². The number of benzene rings is 2. The number of fused-ring (bicyclic) bond motifs is 2. The molecule has 9 heteroatoms. The first-order valence-corrected chi connectivity index (χ1v) is 12.4. The number of carbonyl (C=O) groups is 1. The molecule has 0 aliphatic carbocycles. The molecule has 0 N–H and O–H groups in total. The molecule has 192 valence electrons. The van der Waals surface area contributed by atoms with Crippen LogP contribution in [0.2, 0.25) is 0 Å². The number of hydrogen-bond acceptors (Lipinski definition) is 7. The van der Waals surface area contributed by atoms with E-state index in [0.717, 1.165) is 18.5 Å². The molecule has 1 unspecified atom stereocenters. The van der Waals surface area contributed by atoms with Crippen LogP contribution in [-0.4, -0.2) is 59.9 Å². The van der Waals surface area contributed by atoms with E-state index in [1.165, 1.54) is 12.1 Å². The molecule has 5 rings (SSSR count). The van der Waals surface area contributed by atoms with Gasteiger partial charge in [0.2, 0.25) is 5.88 Å². The van der Waals surface area contributed by atoms with E-state index < -0.39 is 0 Å². The summed E-state index contributed by atoms with van der Waals surface area (Å²) in [5.41, 5.74) is 2.56. The third kappa shape index (κ3) is 5.40. The van der Waals surface area contributed by atoms with Crippen LogP contribution in [0.3, 0.4) is 0 Å². The predicted octanol–water partition coefficient (Wildman–Crippen LogP) is 5.01. The summed E-state index contributed by atoms with van der Waals surface area (Å²) in [5.74, 6) is 2.15. The van der Waals surface area contributed by atoms with Gasteiger partial charge in [0.25, 0.3) is 5.91 Å². The zero-order valence-corrected chi connectivity index (χ0v) is 21.1. The van der Waals surface area contributed by atoms with Gasteiger partial charge in [0.1, 0.15) is 11.6 Å². The van der Waals surface area contributed by atoms with E-state index in [1.807, 2.05) is 11.1 Å². The second-order valence-corrected chi connectivity index (χ2v) is 9.36. The van der Waals surface area contributed by atoms with Gasteiger partial charge in [-0.3, -0.25) is 9.79 Å². The van der Waals surface area contributed by atoms with Crippen molar-refractivity contribution in [1.82, 2.24) is 14.9 Å². The normalized spacial score (nSPS) is 18.3. The Morgan fingerprint density at radius 2 is 1.84 bits per heavy atom. The Hall–Kier alpha value is -4.01. The second kappa shape index (κ2) is 10.5. The monoisotopic (exact) mass is 504 g/mol. The van der Waals surface area contributed by atoms with Crippen molar-refractivity contribution < 1.29 is 23.4 Å². The minimum absolute atomic E-state index is 0.0245. The van der Waals surface area contributed by atoms with Crippen LogP contribution in [0.25, 0.3) is 11.3 Å². The third-order valence-corrected chi connectivity index (χ3v) is 6.46. The highest BCUT2D eigenvalue weighted by molar-refractivity contribution is 6.03. The van der Waals surface area contributed by atoms with Crippen LogP contribution in [0.15, 0.2) is 47.5 Å². The predicted molar refractivity (Wildman–Crippen MR) is 138 cm³/mol. The minimum Gasteiger partial charge on any atom is -0.493 e. The quantitative estimate of drug-likeness (QED) is 0.401. The van der Waals surface area contributed by atoms with Crippen molar-refractivity contribution >= 4 is 17.8 Å². The molecule has 2 aliphatic heterocycles. The van der Waals surface area contributed by atoms with Crippen LogP contribution in [0.4, 0.5) is 10.1 Å². The van der Waals surface area contributed by atoms with E-state index in [4.69, 9.17) is 14.2 Å². The van der Waals surface area contributed by atoms with Crippen LogP contribution in [0, 0.1) is 18.7 Å². The molecule has 3 aromatic rings. The Bertz CT molecular complexity index is 1330. The number of nitrogens with zero attached hydrogens (tertiary/aromatic N) is 4. The van der Waals surface area contributed by atoms with Gasteiger partial charge in [-0.15, -0.1) is 0 Å². The molecule has 1 amide bonds. The first kappa shape index (κ1) is 24.7. The van der Waals surface area contributed by atoms with Crippen molar-refractivity contribution in [3.8, 4) is 28.6 Å². The highest BCUT2D eigenvalue weighted by Gasteiger charge is 2.35. The Kier molecular flexibility index (Phi) is 7.03. The minimum atomic E-state index is -0.300. The first-order valence-electron chi connectivity index (χ1n) is 12.4. The highest BCUT2D eigenvalue weighted by Crippen LogP contribution is 2.38. The van der Waals surface area contributed by atoms with Crippen LogP contribution in [0.5, 0.6) is 17.4 Å². The number of methoxy groups -OCH3 is 1. The number of aromatic nitrogens is 2. The van der Waals surface area contributed by atoms with Gasteiger partial charge in [-0.1, -0.05) is 6.92 Å². The van der Waals surface area contributed by atoms with Crippen molar-refractivity contribution in [3.63, 3.8) is 0 Å². The maximum atomic E-state index is 13.2. The van der Waals surface area contributed by atoms with E-state index in [0.29, 0.717) is 65.7 Å². The molecule has 2 aromatic carbocycles. The molecule has 0 bridgehead atoms. The maximum absolute atomic E-state index is 13.2. The second-order valence-electron chi connectivity index (χ2n) is 9.36. The van der Waals surface area contributed by atoms with Gasteiger partial charge in [0.15, 0.2) is 11.5 Å². The van der Waals surface area contributed by atoms with E-state index in [2.05, 4.69) is 21.9 Å². The Morgan fingerprint density at radius 3 is 2.62 bits per heavy atom. The molecule has 0 radical (unpaired) electrons. The fraction of sp³-hybridized carbons (Fsp3) is 0.357. The average molecular weight is 505 g/mol. The maximum Gasteiger partial charge on any atom is 0.256 e. The number of ether oxygens (including phenoxy) is 3. The number of amides is 1. The van der Waals surface area contributed by atoms with Crippen LogP contribution in [-0.2, 0) is 0 Å². The van der Waals surface area contributed by atoms with Crippen molar-refractivity contribution in [2.24, 2.45) is 10.9 Å². The molecule has 2 atom stereocenters. The Morgan fingerprint density at radius 1 is 1.05 bits per heavy atom. The van der Waals surface area contributed by atoms with Crippen LogP contribution in [0.1, 0.15) is 35.9 Å². The summed E-state index contributed by atoms with van der Waals surface area (Å²) >= 11 is 0. The summed E-state index contributed by atoms with van der Waals surface area (Å²) in [4.78, 5) is 28.4. The SMILES string of the molecule is COc1cc2c(cc1OCCCOc1cc(-c3ccc(F)cc3)nc(C)n1)N=C[C@@H]1CC(C)CN1C2=O. The largest absolute Gasteiger partial charge is 0.493 e. The summed E-state index contributed by atoms with van der Waals surface area (Å²) in [6.07, 6.45) is 3.37. The highest BCUT2D eigenvalue weighted by atomic mass is 19.1. The van der Waals surface area contributed by atoms with Crippen molar-refractivity contribution in [2.45, 2.75) is 32.7 Å². The molecule has 2 aliphatic rings. The molecule has 1 fully saturated rings. The molecule has 1 aromatic heterocycles. The smallest absolute Gasteiger partial charge is 0.256 e. The molecular formula is C28H29FN4O4. The van der Waals surface area contributed by atoms with Crippen molar-refractivity contribution in [3.05, 3.63) is 59.7 Å².